The summed E-state index contributed by atoms with van der Waals surface area (Å²) in [5.74, 6) is 0.904. The Balaban J connectivity index is 2.77. The number of carbonyl (C=O) groups excluding carboxylic acids is 1. The van der Waals surface area contributed by atoms with Crippen LogP contribution in [0, 0.1) is 5.41 Å². The van der Waals surface area contributed by atoms with Gasteiger partial charge in [0, 0.05) is 12.0 Å². The van der Waals surface area contributed by atoms with E-state index in [4.69, 9.17) is 4.74 Å². The normalized spacial score (nSPS) is 21.0. The molecule has 0 radical (unpaired) electrons. The molecule has 0 N–H and O–H groups in total. The molecule has 3 heteroatoms. The number of carbonyl (C=O) groups is 1. The maximum atomic E-state index is 12.4. The molecule has 1 atom stereocenters. The lowest BCUT2D eigenvalue weighted by Gasteiger charge is -2.34. The van der Waals surface area contributed by atoms with Crippen molar-refractivity contribution in [2.24, 2.45) is 5.41 Å². The fourth-order valence-corrected chi connectivity index (χ4v) is 2.25. The van der Waals surface area contributed by atoms with Crippen molar-refractivity contribution in [1.82, 2.24) is 4.90 Å². The van der Waals surface area contributed by atoms with Crippen LogP contribution in [0.4, 0.5) is 0 Å². The van der Waals surface area contributed by atoms with Gasteiger partial charge in [-0.15, -0.1) is 0 Å². The molecule has 1 aliphatic heterocycles. The lowest BCUT2D eigenvalue weighted by Crippen LogP contribution is -2.42. The van der Waals surface area contributed by atoms with Gasteiger partial charge in [0.25, 0.3) is 0 Å². The quantitative estimate of drug-likeness (QED) is 0.722. The van der Waals surface area contributed by atoms with Gasteiger partial charge in [0.2, 0.25) is 0 Å². The van der Waals surface area contributed by atoms with E-state index in [2.05, 4.69) is 6.58 Å². The highest BCUT2D eigenvalue weighted by Gasteiger charge is 2.38. The van der Waals surface area contributed by atoms with Gasteiger partial charge in [-0.1, -0.05) is 20.8 Å². The molecule has 1 fully saturated rings. The summed E-state index contributed by atoms with van der Waals surface area (Å²) in [4.78, 5) is 14.4. The first-order valence-corrected chi connectivity index (χ1v) is 6.71. The first-order chi connectivity index (χ1) is 8.02. The van der Waals surface area contributed by atoms with Crippen LogP contribution in [0.2, 0.25) is 0 Å². The summed E-state index contributed by atoms with van der Waals surface area (Å²) in [6.45, 7) is 16.7. The molecular formula is C15H27NO2. The minimum absolute atomic E-state index is 0.0696. The Labute approximate surface area is 111 Å². The molecule has 3 nitrogen and oxygen atoms in total. The summed E-state index contributed by atoms with van der Waals surface area (Å²) in [6.07, 6.45) is 1.93. The predicted octanol–water partition coefficient (Wildman–Crippen LogP) is 3.35. The van der Waals surface area contributed by atoms with Crippen LogP contribution < -0.4 is 0 Å². The van der Waals surface area contributed by atoms with Crippen molar-refractivity contribution in [3.8, 4) is 0 Å². The van der Waals surface area contributed by atoms with Crippen molar-refractivity contribution in [1.29, 1.82) is 0 Å². The monoisotopic (exact) mass is 253 g/mol. The summed E-state index contributed by atoms with van der Waals surface area (Å²) in [5, 5.41) is 0. The van der Waals surface area contributed by atoms with Gasteiger partial charge in [-0.25, -0.2) is 0 Å². The van der Waals surface area contributed by atoms with Crippen molar-refractivity contribution >= 4 is 5.78 Å². The molecule has 0 aromatic heterocycles. The molecule has 0 aromatic rings. The molecule has 1 heterocycles. The van der Waals surface area contributed by atoms with Crippen LogP contribution in [0.15, 0.2) is 12.5 Å². The SMILES string of the molecule is C=C(OC(C)(C)C)N1CCCC1C(=O)C(C)(C)C. The smallest absolute Gasteiger partial charge is 0.183 e. The minimum atomic E-state index is -0.310. The van der Waals surface area contributed by atoms with Gasteiger partial charge in [0.15, 0.2) is 11.7 Å². The molecule has 1 saturated heterocycles. The Hall–Kier alpha value is -0.990. The second kappa shape index (κ2) is 4.94. The van der Waals surface area contributed by atoms with E-state index in [9.17, 15) is 4.79 Å². The maximum absolute atomic E-state index is 12.4. The fraction of sp³-hybridized carbons (Fsp3) is 0.800. The van der Waals surface area contributed by atoms with Crippen LogP contribution in [-0.4, -0.2) is 28.9 Å². The Morgan fingerprint density at radius 3 is 2.22 bits per heavy atom. The molecule has 1 aliphatic rings. The number of ketones is 1. The van der Waals surface area contributed by atoms with Gasteiger partial charge in [-0.3, -0.25) is 4.79 Å². The highest BCUT2D eigenvalue weighted by atomic mass is 16.5. The van der Waals surface area contributed by atoms with E-state index in [0.29, 0.717) is 5.88 Å². The standard InChI is InChI=1S/C15H27NO2/c1-11(18-15(5,6)7)16-10-8-9-12(16)13(17)14(2,3)4/h12H,1,8-10H2,2-7H3. The molecule has 0 bridgehead atoms. The Kier molecular flexibility index (Phi) is 4.14. The van der Waals surface area contributed by atoms with Gasteiger partial charge >= 0.3 is 0 Å². The zero-order valence-electron chi connectivity index (χ0n) is 12.7. The van der Waals surface area contributed by atoms with E-state index < -0.39 is 0 Å². The van der Waals surface area contributed by atoms with Gasteiger partial charge in [0.05, 0.1) is 6.04 Å². The average molecular weight is 253 g/mol. The third kappa shape index (κ3) is 3.76. The number of likely N-dealkylation sites (tertiary alicyclic amines) is 1. The molecule has 0 aromatic carbocycles. The number of ether oxygens (including phenoxy) is 1. The predicted molar refractivity (Wildman–Crippen MR) is 74.2 cm³/mol. The first-order valence-electron chi connectivity index (χ1n) is 6.71. The lowest BCUT2D eigenvalue weighted by atomic mass is 9.85. The molecule has 0 aliphatic carbocycles. The van der Waals surface area contributed by atoms with Crippen molar-refractivity contribution in [2.75, 3.05) is 6.54 Å². The number of nitrogens with zero attached hydrogens (tertiary/aromatic N) is 1. The van der Waals surface area contributed by atoms with Crippen molar-refractivity contribution in [3.05, 3.63) is 12.5 Å². The molecular weight excluding hydrogens is 226 g/mol. The summed E-state index contributed by atoms with van der Waals surface area (Å²) in [5.41, 5.74) is -0.579. The van der Waals surface area contributed by atoms with E-state index in [1.165, 1.54) is 0 Å². The van der Waals surface area contributed by atoms with E-state index in [1.807, 2.05) is 46.4 Å². The molecule has 0 spiro atoms. The highest BCUT2D eigenvalue weighted by Crippen LogP contribution is 2.30. The zero-order chi connectivity index (χ0) is 14.1. The van der Waals surface area contributed by atoms with E-state index >= 15 is 0 Å². The Bertz CT molecular complexity index is 333. The van der Waals surface area contributed by atoms with Crippen LogP contribution in [0.5, 0.6) is 0 Å². The molecule has 1 unspecified atom stereocenters. The molecule has 0 amide bonds. The second-order valence-corrected chi connectivity index (χ2v) is 7.07. The average Bonchev–Trinajstić information content (AvgIpc) is 2.60. The van der Waals surface area contributed by atoms with Crippen molar-refractivity contribution in [3.63, 3.8) is 0 Å². The fourth-order valence-electron chi connectivity index (χ4n) is 2.25. The lowest BCUT2D eigenvalue weighted by molar-refractivity contribution is -0.131. The summed E-state index contributed by atoms with van der Waals surface area (Å²) < 4.78 is 5.79. The Morgan fingerprint density at radius 1 is 1.22 bits per heavy atom. The molecule has 1 rings (SSSR count). The minimum Gasteiger partial charge on any atom is -0.474 e. The summed E-state index contributed by atoms with van der Waals surface area (Å²) in [6, 6.07) is -0.0696. The topological polar surface area (TPSA) is 29.5 Å². The highest BCUT2D eigenvalue weighted by molar-refractivity contribution is 5.89. The van der Waals surface area contributed by atoms with E-state index in [-0.39, 0.29) is 22.8 Å². The molecule has 104 valence electrons. The van der Waals surface area contributed by atoms with Gasteiger partial charge in [-0.05, 0) is 40.2 Å². The zero-order valence-corrected chi connectivity index (χ0v) is 12.7. The van der Waals surface area contributed by atoms with Crippen LogP contribution in [0.1, 0.15) is 54.4 Å². The van der Waals surface area contributed by atoms with Crippen LogP contribution in [0.3, 0.4) is 0 Å². The van der Waals surface area contributed by atoms with Gasteiger partial charge < -0.3 is 9.64 Å². The van der Waals surface area contributed by atoms with Crippen molar-refractivity contribution in [2.45, 2.75) is 66.0 Å². The third-order valence-electron chi connectivity index (χ3n) is 3.04. The van der Waals surface area contributed by atoms with Crippen molar-refractivity contribution < 1.29 is 9.53 Å². The first kappa shape index (κ1) is 15.1. The number of Topliss-reactive ketones (excluding diaryl/α,β-unsaturated/α-hetero) is 1. The number of hydrogen-bond acceptors (Lipinski definition) is 3. The molecule has 18 heavy (non-hydrogen) atoms. The molecule has 0 saturated carbocycles. The largest absolute Gasteiger partial charge is 0.474 e. The Morgan fingerprint density at radius 2 is 1.78 bits per heavy atom. The van der Waals surface area contributed by atoms with Crippen LogP contribution in [0.25, 0.3) is 0 Å². The van der Waals surface area contributed by atoms with Crippen LogP contribution in [-0.2, 0) is 9.53 Å². The second-order valence-electron chi connectivity index (χ2n) is 7.07. The van der Waals surface area contributed by atoms with E-state index in [0.717, 1.165) is 19.4 Å². The third-order valence-corrected chi connectivity index (χ3v) is 3.04. The number of hydrogen-bond donors (Lipinski definition) is 0. The van der Waals surface area contributed by atoms with Gasteiger partial charge in [0.1, 0.15) is 5.60 Å². The maximum Gasteiger partial charge on any atom is 0.183 e. The van der Waals surface area contributed by atoms with Crippen LogP contribution >= 0.6 is 0 Å². The summed E-state index contributed by atoms with van der Waals surface area (Å²) >= 11 is 0. The van der Waals surface area contributed by atoms with Gasteiger partial charge in [-0.2, -0.15) is 0 Å². The number of rotatable bonds is 3. The van der Waals surface area contributed by atoms with E-state index in [1.54, 1.807) is 0 Å². The summed E-state index contributed by atoms with van der Waals surface area (Å²) in [7, 11) is 0.